The van der Waals surface area contributed by atoms with Crippen molar-refractivity contribution in [1.82, 2.24) is 4.90 Å². The molecule has 3 nitrogen and oxygen atoms in total. The quantitative estimate of drug-likeness (QED) is 0.454. The van der Waals surface area contributed by atoms with Crippen LogP contribution < -0.4 is 0 Å². The summed E-state index contributed by atoms with van der Waals surface area (Å²) in [5, 5.41) is 0. The smallest absolute Gasteiger partial charge is 0.0892 e. The maximum absolute atomic E-state index is 4.10. The molecule has 0 aromatic carbocycles. The maximum atomic E-state index is 4.10. The summed E-state index contributed by atoms with van der Waals surface area (Å²) in [5.74, 6) is 0.717. The molecule has 0 radical (unpaired) electrons. The van der Waals surface area contributed by atoms with Crippen LogP contribution in [0.15, 0.2) is 9.98 Å². The average molecular weight is 197 g/mol. The molecule has 0 aliphatic rings. The molecule has 0 unspecified atom stereocenters. The van der Waals surface area contributed by atoms with E-state index in [1.807, 2.05) is 0 Å². The molecule has 0 aliphatic heterocycles. The zero-order chi connectivity index (χ0) is 10.8. The molecule has 3 heteroatoms. The second-order valence-electron chi connectivity index (χ2n) is 4.20. The van der Waals surface area contributed by atoms with Gasteiger partial charge in [-0.15, -0.1) is 0 Å². The van der Waals surface area contributed by atoms with E-state index in [0.29, 0.717) is 5.92 Å². The highest BCUT2D eigenvalue weighted by Crippen LogP contribution is 1.97. The molecule has 0 aromatic heterocycles. The summed E-state index contributed by atoms with van der Waals surface area (Å²) >= 11 is 0. The molecular formula is C11H23N3. The number of hydrogen-bond acceptors (Lipinski definition) is 3. The van der Waals surface area contributed by atoms with E-state index in [1.54, 1.807) is 0 Å². The Bertz CT molecular complexity index is 179. The van der Waals surface area contributed by atoms with Gasteiger partial charge in [0, 0.05) is 0 Å². The first-order valence-electron chi connectivity index (χ1n) is 5.35. The minimum absolute atomic E-state index is 0.717. The van der Waals surface area contributed by atoms with E-state index >= 15 is 0 Å². The molecule has 0 heterocycles. The highest BCUT2D eigenvalue weighted by atomic mass is 15.0. The van der Waals surface area contributed by atoms with Gasteiger partial charge < -0.3 is 4.90 Å². The summed E-state index contributed by atoms with van der Waals surface area (Å²) in [7, 11) is 4.14. The number of nitrogens with zero attached hydrogens (tertiary/aromatic N) is 3. The third-order valence-electron chi connectivity index (χ3n) is 1.83. The van der Waals surface area contributed by atoms with Crippen molar-refractivity contribution in [3.63, 3.8) is 0 Å². The Morgan fingerprint density at radius 3 is 2.36 bits per heavy atom. The maximum Gasteiger partial charge on any atom is 0.0892 e. The van der Waals surface area contributed by atoms with Crippen molar-refractivity contribution in [2.75, 3.05) is 33.7 Å². The molecule has 14 heavy (non-hydrogen) atoms. The third-order valence-corrected chi connectivity index (χ3v) is 1.83. The molecule has 0 fully saturated rings. The second kappa shape index (κ2) is 8.92. The minimum atomic E-state index is 0.717. The predicted molar refractivity (Wildman–Crippen MR) is 62.2 cm³/mol. The number of hydrogen-bond donors (Lipinski definition) is 0. The Morgan fingerprint density at radius 1 is 1.14 bits per heavy atom. The van der Waals surface area contributed by atoms with Crippen LogP contribution in [0.5, 0.6) is 0 Å². The molecule has 0 atom stereocenters. The zero-order valence-corrected chi connectivity index (χ0v) is 9.95. The van der Waals surface area contributed by atoms with Gasteiger partial charge in [0.2, 0.25) is 0 Å². The van der Waals surface area contributed by atoms with Gasteiger partial charge in [0.15, 0.2) is 0 Å². The first kappa shape index (κ1) is 13.3. The van der Waals surface area contributed by atoms with Gasteiger partial charge in [-0.1, -0.05) is 13.8 Å². The van der Waals surface area contributed by atoms with Gasteiger partial charge in [-0.2, -0.15) is 0 Å². The molecule has 0 bridgehead atoms. The number of aliphatic imine (C=N–C) groups is 2. The van der Waals surface area contributed by atoms with Crippen molar-refractivity contribution in [3.8, 4) is 0 Å². The van der Waals surface area contributed by atoms with Crippen LogP contribution in [-0.2, 0) is 0 Å². The Labute approximate surface area is 87.9 Å². The van der Waals surface area contributed by atoms with E-state index in [-0.39, 0.29) is 0 Å². The molecule has 0 saturated carbocycles. The lowest BCUT2D eigenvalue weighted by Gasteiger charge is -2.05. The Kier molecular flexibility index (Phi) is 8.50. The molecule has 0 amide bonds. The summed E-state index contributed by atoms with van der Waals surface area (Å²) in [4.78, 5) is 10.4. The van der Waals surface area contributed by atoms with Crippen LogP contribution in [0.2, 0.25) is 0 Å². The van der Waals surface area contributed by atoms with E-state index in [1.165, 1.54) is 0 Å². The second-order valence-corrected chi connectivity index (χ2v) is 4.20. The van der Waals surface area contributed by atoms with E-state index in [4.69, 9.17) is 0 Å². The van der Waals surface area contributed by atoms with Crippen LogP contribution in [0.4, 0.5) is 0 Å². The van der Waals surface area contributed by atoms with Gasteiger partial charge >= 0.3 is 0 Å². The molecule has 0 rings (SSSR count). The van der Waals surface area contributed by atoms with Crippen molar-refractivity contribution in [2.45, 2.75) is 26.7 Å². The van der Waals surface area contributed by atoms with E-state index in [9.17, 15) is 0 Å². The fraction of sp³-hybridized carbons (Fsp3) is 0.909. The predicted octanol–water partition coefficient (Wildman–Crippen LogP) is 2.16. The van der Waals surface area contributed by atoms with Crippen LogP contribution in [0.3, 0.4) is 0 Å². The minimum Gasteiger partial charge on any atom is -0.309 e. The van der Waals surface area contributed by atoms with Crippen molar-refractivity contribution in [2.24, 2.45) is 15.9 Å². The fourth-order valence-corrected chi connectivity index (χ4v) is 0.939. The van der Waals surface area contributed by atoms with Gasteiger partial charge in [0.25, 0.3) is 0 Å². The van der Waals surface area contributed by atoms with Gasteiger partial charge in [0.05, 0.1) is 19.1 Å². The van der Waals surface area contributed by atoms with E-state index in [0.717, 1.165) is 32.5 Å². The molecule has 0 spiro atoms. The lowest BCUT2D eigenvalue weighted by atomic mass is 10.1. The van der Waals surface area contributed by atoms with Gasteiger partial charge in [-0.3, -0.25) is 0 Å². The van der Waals surface area contributed by atoms with Crippen molar-refractivity contribution >= 4 is 6.01 Å². The molecular weight excluding hydrogens is 174 g/mol. The van der Waals surface area contributed by atoms with Crippen molar-refractivity contribution < 1.29 is 0 Å². The van der Waals surface area contributed by atoms with Crippen molar-refractivity contribution in [3.05, 3.63) is 0 Å². The van der Waals surface area contributed by atoms with Crippen LogP contribution in [0.1, 0.15) is 26.7 Å². The Morgan fingerprint density at radius 2 is 1.79 bits per heavy atom. The molecule has 0 aliphatic carbocycles. The van der Waals surface area contributed by atoms with Crippen molar-refractivity contribution in [1.29, 1.82) is 0 Å². The first-order chi connectivity index (χ1) is 6.63. The van der Waals surface area contributed by atoms with E-state index < -0.39 is 0 Å². The topological polar surface area (TPSA) is 28.0 Å². The molecule has 0 aromatic rings. The van der Waals surface area contributed by atoms with Gasteiger partial charge in [0.1, 0.15) is 0 Å². The van der Waals surface area contributed by atoms with E-state index in [2.05, 4.69) is 48.8 Å². The Balaban J connectivity index is 3.33. The summed E-state index contributed by atoms with van der Waals surface area (Å²) in [6.07, 6.45) is 2.21. The van der Waals surface area contributed by atoms with Crippen LogP contribution in [-0.4, -0.2) is 44.6 Å². The van der Waals surface area contributed by atoms with Crippen LogP contribution in [0, 0.1) is 5.92 Å². The summed E-state index contributed by atoms with van der Waals surface area (Å²) in [5.41, 5.74) is 0. The molecule has 0 saturated heterocycles. The van der Waals surface area contributed by atoms with Gasteiger partial charge in [-0.25, -0.2) is 9.98 Å². The SMILES string of the molecule is CC(C)CCN=C=NCCCN(C)C. The zero-order valence-electron chi connectivity index (χ0n) is 9.95. The fourth-order valence-electron chi connectivity index (χ4n) is 0.939. The highest BCUT2D eigenvalue weighted by molar-refractivity contribution is 5.40. The lowest BCUT2D eigenvalue weighted by Crippen LogP contribution is -2.13. The summed E-state index contributed by atoms with van der Waals surface area (Å²) in [6.45, 7) is 7.17. The summed E-state index contributed by atoms with van der Waals surface area (Å²) in [6, 6.07) is 2.75. The normalized spacial score (nSPS) is 10.4. The first-order valence-corrected chi connectivity index (χ1v) is 5.35. The molecule has 0 N–H and O–H groups in total. The monoisotopic (exact) mass is 197 g/mol. The third kappa shape index (κ3) is 11.3. The van der Waals surface area contributed by atoms with Crippen LogP contribution >= 0.6 is 0 Å². The Hall–Kier alpha value is -0.660. The molecule has 82 valence electrons. The number of rotatable bonds is 7. The van der Waals surface area contributed by atoms with Crippen LogP contribution in [0.25, 0.3) is 0 Å². The summed E-state index contributed by atoms with van der Waals surface area (Å²) < 4.78 is 0. The lowest BCUT2D eigenvalue weighted by molar-refractivity contribution is 0.403. The van der Waals surface area contributed by atoms with Gasteiger partial charge in [-0.05, 0) is 39.4 Å². The average Bonchev–Trinajstić information content (AvgIpc) is 2.08. The highest BCUT2D eigenvalue weighted by Gasteiger charge is 1.89. The largest absolute Gasteiger partial charge is 0.309 e. The standard InChI is InChI=1S/C11H23N3/c1-11(2)6-8-13-10-12-7-5-9-14(3)4/h11H,5-9H2,1-4H3.